The summed E-state index contributed by atoms with van der Waals surface area (Å²) in [6.45, 7) is 3.25. The number of carbonyl (C=O) groups excluding carboxylic acids is 2. The van der Waals surface area contributed by atoms with Crippen molar-refractivity contribution in [1.29, 1.82) is 0 Å². The zero-order valence-corrected chi connectivity index (χ0v) is 28.3. The number of esters is 2. The smallest absolute Gasteiger partial charge is 0.468 e. The fourth-order valence-corrected chi connectivity index (χ4v) is 6.47. The Morgan fingerprint density at radius 2 is 1.20 bits per heavy atom. The summed E-state index contributed by atoms with van der Waals surface area (Å²) < 4.78 is 137. The SMILES string of the molecule is C=C(C)C(=O)OC(OCCCCC(F)(F)C(F)(F)S(=O)(=O)[O-])(C(=O)OCC)C(F)(F)F.c1ccc([S+](c2ccccc2)c2ccccc2)cc1. The van der Waals surface area contributed by atoms with Gasteiger partial charge in [-0.05, 0) is 63.1 Å². The van der Waals surface area contributed by atoms with E-state index in [1.807, 2.05) is 0 Å². The molecule has 274 valence electrons. The number of alkyl halides is 7. The zero-order chi connectivity index (χ0) is 37.8. The summed E-state index contributed by atoms with van der Waals surface area (Å²) in [5.74, 6) is -13.5. The lowest BCUT2D eigenvalue weighted by Gasteiger charge is -2.32. The summed E-state index contributed by atoms with van der Waals surface area (Å²) >= 11 is 0. The van der Waals surface area contributed by atoms with Gasteiger partial charge in [0.15, 0.2) is 24.8 Å². The van der Waals surface area contributed by atoms with Crippen LogP contribution in [0, 0.1) is 0 Å². The third-order valence-electron chi connectivity index (χ3n) is 6.37. The van der Waals surface area contributed by atoms with Gasteiger partial charge in [0.2, 0.25) is 0 Å². The molecule has 3 aromatic carbocycles. The highest BCUT2D eigenvalue weighted by molar-refractivity contribution is 7.97. The van der Waals surface area contributed by atoms with Crippen molar-refractivity contribution in [2.24, 2.45) is 0 Å². The minimum Gasteiger partial charge on any atom is -0.743 e. The standard InChI is InChI=1S/C18H15S.C15H19F7O8S/c1-4-10-16(11-5-1)19(17-12-6-2-7-13-17)18-14-8-3-9-15-18;1-4-28-11(24)13(14(18,19)20,30-10(23)9(2)3)29-8-6-5-7-12(16,17)15(21,22)31(25,26)27/h1-15H;2,4-8H2,1,3H3,(H,25,26,27)/q+1;/p-1. The highest BCUT2D eigenvalue weighted by Crippen LogP contribution is 2.42. The number of rotatable bonds is 15. The molecule has 0 aliphatic rings. The molecule has 3 aromatic rings. The molecule has 0 aromatic heterocycles. The van der Waals surface area contributed by atoms with Gasteiger partial charge in [0.1, 0.15) is 0 Å². The number of unbranched alkanes of at least 4 members (excludes halogenated alkanes) is 1. The van der Waals surface area contributed by atoms with Gasteiger partial charge in [0.25, 0.3) is 0 Å². The monoisotopic (exact) mass is 754 g/mol. The Morgan fingerprint density at radius 1 is 0.780 bits per heavy atom. The molecule has 0 heterocycles. The Balaban J connectivity index is 0.000000384. The van der Waals surface area contributed by atoms with Crippen LogP contribution in [-0.2, 0) is 44.8 Å². The van der Waals surface area contributed by atoms with Gasteiger partial charge in [-0.1, -0.05) is 61.2 Å². The molecule has 1 unspecified atom stereocenters. The maximum absolute atomic E-state index is 13.5. The molecule has 0 fully saturated rings. The fourth-order valence-electron chi connectivity index (χ4n) is 3.90. The van der Waals surface area contributed by atoms with Crippen LogP contribution in [-0.4, -0.2) is 61.3 Å². The van der Waals surface area contributed by atoms with E-state index in [1.54, 1.807) is 0 Å². The van der Waals surface area contributed by atoms with E-state index in [0.717, 1.165) is 13.8 Å². The Kier molecular flexibility index (Phi) is 15.1. The molecule has 0 spiro atoms. The number of carbonyl (C=O) groups is 2. The first-order chi connectivity index (χ1) is 23.2. The first-order valence-corrected chi connectivity index (χ1v) is 17.2. The van der Waals surface area contributed by atoms with E-state index in [2.05, 4.69) is 112 Å². The largest absolute Gasteiger partial charge is 0.743 e. The van der Waals surface area contributed by atoms with Crippen LogP contribution in [0.15, 0.2) is 118 Å². The van der Waals surface area contributed by atoms with E-state index < -0.39 is 83.2 Å². The Hall–Kier alpha value is -3.93. The third-order valence-corrected chi connectivity index (χ3v) is 9.53. The summed E-state index contributed by atoms with van der Waals surface area (Å²) in [6, 6.07) is 32.2. The van der Waals surface area contributed by atoms with Crippen molar-refractivity contribution < 1.29 is 67.5 Å². The quantitative estimate of drug-likeness (QED) is 0.0295. The zero-order valence-electron chi connectivity index (χ0n) is 26.6. The fraction of sp³-hybridized carbons (Fsp3) is 0.333. The van der Waals surface area contributed by atoms with Crippen LogP contribution >= 0.6 is 0 Å². The summed E-state index contributed by atoms with van der Waals surface area (Å²) in [6.07, 6.45) is -9.57. The van der Waals surface area contributed by atoms with Crippen molar-refractivity contribution in [3.8, 4) is 0 Å². The maximum Gasteiger partial charge on any atom is 0.468 e. The normalized spacial score (nSPS) is 13.4. The molecule has 0 saturated carbocycles. The van der Waals surface area contributed by atoms with Crippen LogP contribution in [0.25, 0.3) is 0 Å². The van der Waals surface area contributed by atoms with Gasteiger partial charge in [-0.25, -0.2) is 18.0 Å². The van der Waals surface area contributed by atoms with Crippen LogP contribution in [0.3, 0.4) is 0 Å². The molecule has 0 saturated heterocycles. The first-order valence-electron chi connectivity index (χ1n) is 14.6. The van der Waals surface area contributed by atoms with Gasteiger partial charge < -0.3 is 18.8 Å². The second-order valence-electron chi connectivity index (χ2n) is 10.2. The van der Waals surface area contributed by atoms with Crippen molar-refractivity contribution >= 4 is 33.0 Å². The Morgan fingerprint density at radius 3 is 1.54 bits per heavy atom. The van der Waals surface area contributed by atoms with E-state index in [0.29, 0.717) is 0 Å². The lowest BCUT2D eigenvalue weighted by Crippen LogP contribution is -2.58. The summed E-state index contributed by atoms with van der Waals surface area (Å²) in [5, 5.41) is -5.96. The van der Waals surface area contributed by atoms with Gasteiger partial charge in [-0.2, -0.15) is 30.7 Å². The van der Waals surface area contributed by atoms with Crippen LogP contribution in [0.4, 0.5) is 30.7 Å². The molecule has 0 amide bonds. The van der Waals surface area contributed by atoms with Crippen molar-refractivity contribution in [1.82, 2.24) is 0 Å². The molecule has 0 bridgehead atoms. The lowest BCUT2D eigenvalue weighted by atomic mass is 10.1. The highest BCUT2D eigenvalue weighted by Gasteiger charge is 2.68. The minimum absolute atomic E-state index is 0.0146. The molecule has 3 rings (SSSR count). The Labute approximate surface area is 287 Å². The van der Waals surface area contributed by atoms with Crippen LogP contribution in [0.5, 0.6) is 0 Å². The van der Waals surface area contributed by atoms with E-state index >= 15 is 0 Å². The molecule has 0 radical (unpaired) electrons. The topological polar surface area (TPSA) is 119 Å². The summed E-state index contributed by atoms with van der Waals surface area (Å²) in [5.41, 5.74) is -0.567. The van der Waals surface area contributed by atoms with Crippen LogP contribution < -0.4 is 0 Å². The number of hydrogen-bond acceptors (Lipinski definition) is 8. The summed E-state index contributed by atoms with van der Waals surface area (Å²) in [4.78, 5) is 27.5. The van der Waals surface area contributed by atoms with Crippen molar-refractivity contribution in [2.75, 3.05) is 13.2 Å². The van der Waals surface area contributed by atoms with E-state index in [-0.39, 0.29) is 10.9 Å². The predicted octanol–water partition coefficient (Wildman–Crippen LogP) is 7.67. The van der Waals surface area contributed by atoms with Crippen molar-refractivity contribution in [2.45, 2.75) is 70.9 Å². The van der Waals surface area contributed by atoms with E-state index in [1.165, 1.54) is 14.7 Å². The molecule has 0 aliphatic carbocycles. The van der Waals surface area contributed by atoms with Gasteiger partial charge in [0, 0.05) is 12.0 Å². The number of halogens is 7. The summed E-state index contributed by atoms with van der Waals surface area (Å²) in [7, 11) is -6.74. The van der Waals surface area contributed by atoms with Crippen LogP contribution in [0.1, 0.15) is 33.1 Å². The van der Waals surface area contributed by atoms with Crippen molar-refractivity contribution in [3.05, 3.63) is 103 Å². The number of hydrogen-bond donors (Lipinski definition) is 0. The van der Waals surface area contributed by atoms with Gasteiger partial charge in [0.05, 0.1) is 24.1 Å². The Bertz CT molecular complexity index is 1560. The first kappa shape index (κ1) is 42.2. The lowest BCUT2D eigenvalue weighted by molar-refractivity contribution is -0.354. The molecular weight excluding hydrogens is 721 g/mol. The second-order valence-corrected chi connectivity index (χ2v) is 13.7. The van der Waals surface area contributed by atoms with Crippen LogP contribution in [0.2, 0.25) is 0 Å². The highest BCUT2D eigenvalue weighted by atomic mass is 32.2. The predicted molar refractivity (Wildman–Crippen MR) is 167 cm³/mol. The van der Waals surface area contributed by atoms with E-state index in [9.17, 15) is 53.3 Å². The number of benzene rings is 3. The molecule has 50 heavy (non-hydrogen) atoms. The van der Waals surface area contributed by atoms with Gasteiger partial charge >= 0.3 is 35.1 Å². The molecular formula is C33H33F7O8S2. The minimum atomic E-state index is -6.72. The molecule has 8 nitrogen and oxygen atoms in total. The average Bonchev–Trinajstić information content (AvgIpc) is 3.04. The third kappa shape index (κ3) is 10.8. The molecule has 0 N–H and O–H groups in total. The van der Waals surface area contributed by atoms with E-state index in [4.69, 9.17) is 0 Å². The van der Waals surface area contributed by atoms with Gasteiger partial charge in [-0.15, -0.1) is 0 Å². The molecule has 1 atom stereocenters. The molecule has 0 aliphatic heterocycles. The van der Waals surface area contributed by atoms with Gasteiger partial charge in [-0.3, -0.25) is 0 Å². The molecule has 17 heteroatoms. The number of ether oxygens (including phenoxy) is 3. The second kappa shape index (κ2) is 17.8. The van der Waals surface area contributed by atoms with Crippen molar-refractivity contribution in [3.63, 3.8) is 0 Å². The average molecular weight is 755 g/mol. The maximum atomic E-state index is 13.5.